The second-order valence-electron chi connectivity index (χ2n) is 5.02. The van der Waals surface area contributed by atoms with Crippen molar-refractivity contribution in [3.8, 4) is 5.69 Å². The zero-order chi connectivity index (χ0) is 16.0. The molecule has 1 atom stereocenters. The number of benzene rings is 1. The minimum atomic E-state index is -0.147. The standard InChI is InChI=1S/C14H9Cl2N5OS/c15-8-2-1-3-10(12(8)16)21-14(18-19-20-21)17-9-6-11(22)13-7(9)4-5-23-13/h1-5,9H,6H2,(H,17,18,20). The van der Waals surface area contributed by atoms with E-state index in [4.69, 9.17) is 23.2 Å². The van der Waals surface area contributed by atoms with Crippen LogP contribution in [0.5, 0.6) is 0 Å². The third kappa shape index (κ3) is 2.41. The summed E-state index contributed by atoms with van der Waals surface area (Å²) < 4.78 is 1.48. The first kappa shape index (κ1) is 14.6. The average Bonchev–Trinajstić information content (AvgIpc) is 3.22. The number of tetrazole rings is 1. The molecule has 0 spiro atoms. The molecule has 2 heterocycles. The quantitative estimate of drug-likeness (QED) is 0.764. The van der Waals surface area contributed by atoms with E-state index < -0.39 is 0 Å². The van der Waals surface area contributed by atoms with Crippen molar-refractivity contribution in [3.05, 3.63) is 50.1 Å². The lowest BCUT2D eigenvalue weighted by atomic mass is 10.2. The van der Waals surface area contributed by atoms with Crippen LogP contribution in [0.25, 0.3) is 5.69 Å². The van der Waals surface area contributed by atoms with Gasteiger partial charge in [-0.15, -0.1) is 11.3 Å². The highest BCUT2D eigenvalue weighted by molar-refractivity contribution is 7.12. The number of nitrogens with zero attached hydrogens (tertiary/aromatic N) is 4. The normalized spacial score (nSPS) is 16.6. The van der Waals surface area contributed by atoms with Gasteiger partial charge in [0.15, 0.2) is 5.78 Å². The number of aromatic nitrogens is 4. The van der Waals surface area contributed by atoms with Crippen molar-refractivity contribution in [1.82, 2.24) is 20.2 Å². The number of nitrogens with one attached hydrogen (secondary N) is 1. The molecule has 4 rings (SSSR count). The van der Waals surface area contributed by atoms with Gasteiger partial charge in [-0.25, -0.2) is 0 Å². The van der Waals surface area contributed by atoms with Crippen LogP contribution in [0.4, 0.5) is 5.95 Å². The molecule has 1 unspecified atom stereocenters. The van der Waals surface area contributed by atoms with E-state index in [-0.39, 0.29) is 11.8 Å². The summed E-state index contributed by atoms with van der Waals surface area (Å²) in [6.07, 6.45) is 0.387. The van der Waals surface area contributed by atoms with E-state index in [9.17, 15) is 4.79 Å². The van der Waals surface area contributed by atoms with Crippen molar-refractivity contribution in [1.29, 1.82) is 0 Å². The Morgan fingerprint density at radius 2 is 2.17 bits per heavy atom. The molecule has 1 aliphatic rings. The number of fused-ring (bicyclic) bond motifs is 1. The van der Waals surface area contributed by atoms with Crippen LogP contribution in [-0.4, -0.2) is 26.0 Å². The highest BCUT2D eigenvalue weighted by atomic mass is 35.5. The van der Waals surface area contributed by atoms with Gasteiger partial charge in [-0.2, -0.15) is 4.68 Å². The summed E-state index contributed by atoms with van der Waals surface area (Å²) in [6, 6.07) is 7.03. The second kappa shape index (κ2) is 5.59. The van der Waals surface area contributed by atoms with Gasteiger partial charge < -0.3 is 5.32 Å². The molecule has 2 aromatic heterocycles. The number of anilines is 1. The molecule has 1 N–H and O–H groups in total. The third-order valence-corrected chi connectivity index (χ3v) is 5.43. The Hall–Kier alpha value is -1.96. The van der Waals surface area contributed by atoms with Crippen LogP contribution in [-0.2, 0) is 0 Å². The molecule has 23 heavy (non-hydrogen) atoms. The molecule has 0 saturated carbocycles. The number of Topliss-reactive ketones (excluding diaryl/α,β-unsaturated/α-hetero) is 1. The Morgan fingerprint density at radius 3 is 3.04 bits per heavy atom. The van der Waals surface area contributed by atoms with E-state index in [0.29, 0.717) is 28.1 Å². The van der Waals surface area contributed by atoms with Crippen molar-refractivity contribution in [3.63, 3.8) is 0 Å². The maximum Gasteiger partial charge on any atom is 0.248 e. The van der Waals surface area contributed by atoms with Crippen LogP contribution >= 0.6 is 34.5 Å². The molecule has 1 aliphatic carbocycles. The number of thiophene rings is 1. The fourth-order valence-electron chi connectivity index (χ4n) is 2.59. The SMILES string of the molecule is O=C1CC(Nc2nnnn2-c2cccc(Cl)c2Cl)c2ccsc21. The minimum absolute atomic E-state index is 0.132. The molecule has 0 radical (unpaired) electrons. The number of hydrogen-bond donors (Lipinski definition) is 1. The molecule has 0 bridgehead atoms. The Bertz CT molecular complexity index is 906. The van der Waals surface area contributed by atoms with Gasteiger partial charge in [-0.05, 0) is 39.6 Å². The third-order valence-electron chi connectivity index (χ3n) is 3.65. The highest BCUT2D eigenvalue weighted by Gasteiger charge is 2.31. The lowest BCUT2D eigenvalue weighted by Gasteiger charge is -2.13. The van der Waals surface area contributed by atoms with E-state index in [1.54, 1.807) is 18.2 Å². The van der Waals surface area contributed by atoms with Gasteiger partial charge in [0.1, 0.15) is 0 Å². The molecule has 6 nitrogen and oxygen atoms in total. The molecule has 0 saturated heterocycles. The van der Waals surface area contributed by atoms with E-state index >= 15 is 0 Å². The van der Waals surface area contributed by atoms with Crippen LogP contribution in [0.1, 0.15) is 27.7 Å². The monoisotopic (exact) mass is 365 g/mol. The summed E-state index contributed by atoms with van der Waals surface area (Å²) in [7, 11) is 0. The molecule has 0 fully saturated rings. The number of ketones is 1. The van der Waals surface area contributed by atoms with E-state index in [2.05, 4.69) is 20.8 Å². The lowest BCUT2D eigenvalue weighted by Crippen LogP contribution is -2.13. The number of rotatable bonds is 3. The first-order chi connectivity index (χ1) is 11.1. The maximum absolute atomic E-state index is 12.0. The first-order valence-corrected chi connectivity index (χ1v) is 8.38. The van der Waals surface area contributed by atoms with E-state index in [1.165, 1.54) is 16.0 Å². The average molecular weight is 366 g/mol. The molecular formula is C14H9Cl2N5OS. The fourth-order valence-corrected chi connectivity index (χ4v) is 3.88. The predicted octanol–water partition coefficient (Wildman–Crippen LogP) is 3.77. The zero-order valence-electron chi connectivity index (χ0n) is 11.5. The van der Waals surface area contributed by atoms with Crippen LogP contribution in [0, 0.1) is 0 Å². The van der Waals surface area contributed by atoms with Crippen LogP contribution in [0.15, 0.2) is 29.6 Å². The summed E-state index contributed by atoms with van der Waals surface area (Å²) in [5.41, 5.74) is 1.55. The molecule has 9 heteroatoms. The summed E-state index contributed by atoms with van der Waals surface area (Å²) in [4.78, 5) is 12.8. The van der Waals surface area contributed by atoms with Gasteiger partial charge in [-0.1, -0.05) is 34.4 Å². The fraction of sp³-hybridized carbons (Fsp3) is 0.143. The van der Waals surface area contributed by atoms with Gasteiger partial charge in [0.2, 0.25) is 5.95 Å². The number of carbonyl (C=O) groups excluding carboxylic acids is 1. The van der Waals surface area contributed by atoms with E-state index in [0.717, 1.165) is 10.4 Å². The van der Waals surface area contributed by atoms with Gasteiger partial charge in [0, 0.05) is 6.42 Å². The molecule has 0 amide bonds. The van der Waals surface area contributed by atoms with Crippen molar-refractivity contribution >= 4 is 46.3 Å². The smallest absolute Gasteiger partial charge is 0.248 e. The lowest BCUT2D eigenvalue weighted by molar-refractivity contribution is 0.0994. The van der Waals surface area contributed by atoms with Gasteiger partial charge >= 0.3 is 0 Å². The van der Waals surface area contributed by atoms with Crippen molar-refractivity contribution in [2.24, 2.45) is 0 Å². The molecule has 0 aliphatic heterocycles. The van der Waals surface area contributed by atoms with Crippen molar-refractivity contribution in [2.75, 3.05) is 5.32 Å². The number of halogens is 2. The molecular weight excluding hydrogens is 357 g/mol. The van der Waals surface area contributed by atoms with Gasteiger partial charge in [0.25, 0.3) is 0 Å². The summed E-state index contributed by atoms with van der Waals surface area (Å²) in [5.74, 6) is 0.540. The zero-order valence-corrected chi connectivity index (χ0v) is 13.9. The Morgan fingerprint density at radius 1 is 1.30 bits per heavy atom. The Kier molecular flexibility index (Phi) is 3.56. The summed E-state index contributed by atoms with van der Waals surface area (Å²) in [5, 5.41) is 17.6. The largest absolute Gasteiger partial charge is 0.345 e. The first-order valence-electron chi connectivity index (χ1n) is 6.75. The van der Waals surface area contributed by atoms with Gasteiger partial charge in [-0.3, -0.25) is 4.79 Å². The van der Waals surface area contributed by atoms with Crippen molar-refractivity contribution < 1.29 is 4.79 Å². The number of hydrogen-bond acceptors (Lipinski definition) is 6. The highest BCUT2D eigenvalue weighted by Crippen LogP contribution is 2.37. The minimum Gasteiger partial charge on any atom is -0.345 e. The summed E-state index contributed by atoms with van der Waals surface area (Å²) >= 11 is 13.7. The van der Waals surface area contributed by atoms with E-state index in [1.807, 2.05) is 11.4 Å². The second-order valence-corrected chi connectivity index (χ2v) is 6.72. The Labute approximate surface area is 145 Å². The molecule has 116 valence electrons. The van der Waals surface area contributed by atoms with Crippen LogP contribution in [0.3, 0.4) is 0 Å². The molecule has 1 aromatic carbocycles. The predicted molar refractivity (Wildman–Crippen MR) is 88.8 cm³/mol. The maximum atomic E-state index is 12.0. The number of carbonyl (C=O) groups is 1. The van der Waals surface area contributed by atoms with Crippen LogP contribution < -0.4 is 5.32 Å². The van der Waals surface area contributed by atoms with Gasteiger partial charge in [0.05, 0.1) is 26.7 Å². The topological polar surface area (TPSA) is 72.7 Å². The molecule has 3 aromatic rings. The van der Waals surface area contributed by atoms with Crippen LogP contribution in [0.2, 0.25) is 10.0 Å². The summed E-state index contributed by atoms with van der Waals surface area (Å²) in [6.45, 7) is 0. The Balaban J connectivity index is 1.69. The van der Waals surface area contributed by atoms with Crippen molar-refractivity contribution in [2.45, 2.75) is 12.5 Å².